The highest BCUT2D eigenvalue weighted by molar-refractivity contribution is 5.71. The predicted octanol–water partition coefficient (Wildman–Crippen LogP) is 22.7. The van der Waals surface area contributed by atoms with E-state index >= 15 is 0 Å². The van der Waals surface area contributed by atoms with Crippen molar-refractivity contribution in [2.75, 3.05) is 13.2 Å². The average Bonchev–Trinajstić information content (AvgIpc) is 3.43. The SMILES string of the molecule is CC/C=C\C/C=C\C/C=C\C/C=C\CCCCCCCCCCCCCCCCC(=O)OCC(COC(=O)CCCCCCCCC)OC(=O)CCCCCCCCCCCC/C=C\C/C=C\C/C=C\CCCCCCC. The molecule has 0 aliphatic rings. The van der Waals surface area contributed by atoms with E-state index in [0.29, 0.717) is 19.3 Å². The molecule has 6 heteroatoms. The molecule has 0 bridgehead atoms. The summed E-state index contributed by atoms with van der Waals surface area (Å²) in [4.78, 5) is 38.1. The van der Waals surface area contributed by atoms with Crippen molar-refractivity contribution in [1.29, 1.82) is 0 Å². The first-order valence-electron chi connectivity index (χ1n) is 33.1. The second kappa shape index (κ2) is 65.1. The van der Waals surface area contributed by atoms with Gasteiger partial charge in [0, 0.05) is 19.3 Å². The lowest BCUT2D eigenvalue weighted by molar-refractivity contribution is -0.167. The topological polar surface area (TPSA) is 78.9 Å². The van der Waals surface area contributed by atoms with Gasteiger partial charge in [0.25, 0.3) is 0 Å². The van der Waals surface area contributed by atoms with Gasteiger partial charge < -0.3 is 14.2 Å². The molecule has 0 saturated heterocycles. The molecule has 0 aromatic heterocycles. The summed E-state index contributed by atoms with van der Waals surface area (Å²) in [6.07, 6.45) is 86.2. The minimum atomic E-state index is -0.776. The van der Waals surface area contributed by atoms with E-state index in [1.165, 1.54) is 193 Å². The van der Waals surface area contributed by atoms with Crippen LogP contribution in [0.5, 0.6) is 0 Å². The van der Waals surface area contributed by atoms with E-state index in [1.807, 2.05) is 0 Å². The van der Waals surface area contributed by atoms with Crippen molar-refractivity contribution < 1.29 is 28.6 Å². The number of unbranched alkanes of at least 4 members (excludes halogenated alkanes) is 35. The number of rotatable bonds is 60. The van der Waals surface area contributed by atoms with Gasteiger partial charge in [0.1, 0.15) is 13.2 Å². The number of carbonyl (C=O) groups is 3. The highest BCUT2D eigenvalue weighted by atomic mass is 16.6. The lowest BCUT2D eigenvalue weighted by Crippen LogP contribution is -2.30. The van der Waals surface area contributed by atoms with E-state index in [-0.39, 0.29) is 31.1 Å². The van der Waals surface area contributed by atoms with Crippen molar-refractivity contribution in [1.82, 2.24) is 0 Å². The van der Waals surface area contributed by atoms with Gasteiger partial charge in [-0.2, -0.15) is 0 Å². The Morgan fingerprint density at radius 2 is 0.506 bits per heavy atom. The van der Waals surface area contributed by atoms with Crippen LogP contribution in [-0.2, 0) is 28.6 Å². The van der Waals surface area contributed by atoms with Crippen molar-refractivity contribution >= 4 is 17.9 Å². The van der Waals surface area contributed by atoms with E-state index in [1.54, 1.807) is 0 Å². The number of hydrogen-bond donors (Lipinski definition) is 0. The standard InChI is InChI=1S/C71H124O6/c1-4-7-10-13-16-18-20-22-24-26-28-30-32-34-35-37-38-40-42-44-46-48-50-52-55-58-61-64-70(73)76-67-68(66-75-69(72)63-60-57-54-15-12-9-6-3)77-71(74)65-62-59-56-53-51-49-47-45-43-41-39-36-33-31-29-27-25-23-21-19-17-14-11-8-5-2/h7,10,16,18,21-24,27-30,33,36,68H,4-6,8-9,11-15,17,19-20,25-26,31-32,34-35,37-67H2,1-3H3/b10-7-,18-16-,23-21-,24-22-,29-27-,30-28-,36-33-. The largest absolute Gasteiger partial charge is 0.462 e. The van der Waals surface area contributed by atoms with Gasteiger partial charge in [0.05, 0.1) is 0 Å². The predicted molar refractivity (Wildman–Crippen MR) is 334 cm³/mol. The molecule has 0 aliphatic carbocycles. The molecular weight excluding hydrogens is 949 g/mol. The summed E-state index contributed by atoms with van der Waals surface area (Å²) in [5.74, 6) is -0.874. The molecule has 444 valence electrons. The lowest BCUT2D eigenvalue weighted by Gasteiger charge is -2.18. The molecule has 0 amide bonds. The van der Waals surface area contributed by atoms with Crippen LogP contribution in [-0.4, -0.2) is 37.2 Å². The third-order valence-corrected chi connectivity index (χ3v) is 14.4. The molecule has 0 fully saturated rings. The van der Waals surface area contributed by atoms with E-state index in [0.717, 1.165) is 96.3 Å². The fraction of sp³-hybridized carbons (Fsp3) is 0.761. The molecule has 77 heavy (non-hydrogen) atoms. The number of hydrogen-bond acceptors (Lipinski definition) is 6. The van der Waals surface area contributed by atoms with Gasteiger partial charge in [-0.05, 0) is 96.3 Å². The Balaban J connectivity index is 4.11. The summed E-state index contributed by atoms with van der Waals surface area (Å²) in [6, 6.07) is 0. The third kappa shape index (κ3) is 63.3. The van der Waals surface area contributed by atoms with Gasteiger partial charge in [-0.3, -0.25) is 14.4 Å². The Morgan fingerprint density at radius 3 is 0.792 bits per heavy atom. The van der Waals surface area contributed by atoms with E-state index in [4.69, 9.17) is 14.2 Å². The van der Waals surface area contributed by atoms with Crippen LogP contribution >= 0.6 is 0 Å². The van der Waals surface area contributed by atoms with Crippen LogP contribution in [0.3, 0.4) is 0 Å². The molecular formula is C71H124O6. The zero-order chi connectivity index (χ0) is 55.7. The Morgan fingerprint density at radius 1 is 0.273 bits per heavy atom. The van der Waals surface area contributed by atoms with Gasteiger partial charge in [-0.15, -0.1) is 0 Å². The Bertz CT molecular complexity index is 1470. The van der Waals surface area contributed by atoms with Crippen LogP contribution in [0.15, 0.2) is 85.1 Å². The third-order valence-electron chi connectivity index (χ3n) is 14.4. The maximum absolute atomic E-state index is 12.9. The molecule has 0 rings (SSSR count). The van der Waals surface area contributed by atoms with Crippen LogP contribution < -0.4 is 0 Å². The smallest absolute Gasteiger partial charge is 0.306 e. The normalized spacial score (nSPS) is 12.6. The number of carbonyl (C=O) groups excluding carboxylic acids is 3. The van der Waals surface area contributed by atoms with Crippen molar-refractivity contribution in [3.63, 3.8) is 0 Å². The number of ether oxygens (including phenoxy) is 3. The minimum Gasteiger partial charge on any atom is -0.462 e. The molecule has 0 radical (unpaired) electrons. The monoisotopic (exact) mass is 1070 g/mol. The molecule has 0 heterocycles. The van der Waals surface area contributed by atoms with Crippen LogP contribution in [0, 0.1) is 0 Å². The van der Waals surface area contributed by atoms with Crippen molar-refractivity contribution in [2.24, 2.45) is 0 Å². The summed E-state index contributed by atoms with van der Waals surface area (Å²) in [7, 11) is 0. The van der Waals surface area contributed by atoms with E-state index in [9.17, 15) is 14.4 Å². The first-order chi connectivity index (χ1) is 38.0. The molecule has 0 saturated carbocycles. The van der Waals surface area contributed by atoms with Gasteiger partial charge in [-0.25, -0.2) is 0 Å². The number of esters is 3. The summed E-state index contributed by atoms with van der Waals surface area (Å²) < 4.78 is 16.9. The van der Waals surface area contributed by atoms with Crippen LogP contribution in [0.1, 0.15) is 329 Å². The van der Waals surface area contributed by atoms with Gasteiger partial charge in [0.15, 0.2) is 6.10 Å². The summed E-state index contributed by atoms with van der Waals surface area (Å²) >= 11 is 0. The molecule has 6 nitrogen and oxygen atoms in total. The van der Waals surface area contributed by atoms with Crippen LogP contribution in [0.2, 0.25) is 0 Å². The summed E-state index contributed by atoms with van der Waals surface area (Å²) in [5.41, 5.74) is 0. The first kappa shape index (κ1) is 73.6. The van der Waals surface area contributed by atoms with Crippen molar-refractivity contribution in [3.8, 4) is 0 Å². The fourth-order valence-corrected chi connectivity index (χ4v) is 9.44. The molecule has 1 unspecified atom stereocenters. The van der Waals surface area contributed by atoms with Crippen LogP contribution in [0.25, 0.3) is 0 Å². The average molecular weight is 1070 g/mol. The Hall–Kier alpha value is -3.41. The maximum Gasteiger partial charge on any atom is 0.306 e. The maximum atomic E-state index is 12.9. The summed E-state index contributed by atoms with van der Waals surface area (Å²) in [6.45, 7) is 6.50. The highest BCUT2D eigenvalue weighted by Crippen LogP contribution is 2.17. The second-order valence-corrected chi connectivity index (χ2v) is 22.0. The minimum absolute atomic E-state index is 0.0753. The fourth-order valence-electron chi connectivity index (χ4n) is 9.44. The van der Waals surface area contributed by atoms with Gasteiger partial charge >= 0.3 is 17.9 Å². The first-order valence-corrected chi connectivity index (χ1v) is 33.1. The molecule has 0 N–H and O–H groups in total. The zero-order valence-electron chi connectivity index (χ0n) is 51.0. The second-order valence-electron chi connectivity index (χ2n) is 22.0. The van der Waals surface area contributed by atoms with E-state index in [2.05, 4.69) is 106 Å². The van der Waals surface area contributed by atoms with Crippen molar-refractivity contribution in [2.45, 2.75) is 335 Å². The molecule has 1 atom stereocenters. The molecule has 0 aromatic rings. The Kier molecular flexibility index (Phi) is 62.2. The van der Waals surface area contributed by atoms with E-state index < -0.39 is 6.10 Å². The van der Waals surface area contributed by atoms with Gasteiger partial charge in [0.2, 0.25) is 0 Å². The lowest BCUT2D eigenvalue weighted by atomic mass is 10.0. The molecule has 0 aromatic carbocycles. The van der Waals surface area contributed by atoms with Crippen LogP contribution in [0.4, 0.5) is 0 Å². The summed E-state index contributed by atoms with van der Waals surface area (Å²) in [5, 5.41) is 0. The quantitative estimate of drug-likeness (QED) is 0.0261. The Labute approximate surface area is 477 Å². The van der Waals surface area contributed by atoms with Gasteiger partial charge in [-0.1, -0.05) is 298 Å². The number of allylic oxidation sites excluding steroid dienone is 14. The highest BCUT2D eigenvalue weighted by Gasteiger charge is 2.19. The van der Waals surface area contributed by atoms with Crippen molar-refractivity contribution in [3.05, 3.63) is 85.1 Å². The molecule has 0 aliphatic heterocycles. The molecule has 0 spiro atoms. The zero-order valence-corrected chi connectivity index (χ0v) is 51.0.